The van der Waals surface area contributed by atoms with Gasteiger partial charge in [0.05, 0.1) is 49.7 Å². The van der Waals surface area contributed by atoms with Crippen molar-refractivity contribution in [3.05, 3.63) is 130 Å². The lowest BCUT2D eigenvalue weighted by molar-refractivity contribution is 0.0600. The summed E-state index contributed by atoms with van der Waals surface area (Å²) in [6.07, 6.45) is 5.21. The Hall–Kier alpha value is -4.68. The van der Waals surface area contributed by atoms with Crippen molar-refractivity contribution in [3.63, 3.8) is 0 Å². The Balaban J connectivity index is 0.000000260. The van der Waals surface area contributed by atoms with Gasteiger partial charge in [0, 0.05) is 42.2 Å². The van der Waals surface area contributed by atoms with Gasteiger partial charge in [0.1, 0.15) is 11.6 Å². The highest BCUT2D eigenvalue weighted by Gasteiger charge is 2.22. The van der Waals surface area contributed by atoms with E-state index in [1.165, 1.54) is 31.4 Å². The number of carbonyl (C=O) groups is 2. The molecular weight excluding hydrogens is 671 g/mol. The van der Waals surface area contributed by atoms with Gasteiger partial charge in [-0.3, -0.25) is 20.2 Å². The number of nitrogens with two attached hydrogens (primary N) is 1. The Labute approximate surface area is 277 Å². The van der Waals surface area contributed by atoms with Gasteiger partial charge in [0.2, 0.25) is 20.0 Å². The summed E-state index contributed by atoms with van der Waals surface area (Å²) >= 11 is 0. The highest BCUT2D eigenvalue weighted by molar-refractivity contribution is 7.88. The van der Waals surface area contributed by atoms with Crippen LogP contribution in [0.1, 0.15) is 43.2 Å². The SMILES string of the molecule is COC(=O)c1ccc(CN(Cc2ccccn2)S(C)(=O)=O)c(F)c1.CS(=O)(=O)N(Cc1ccccn1)Cc1ccc(C(=O)NN)cc1F. The van der Waals surface area contributed by atoms with Crippen molar-refractivity contribution in [2.24, 2.45) is 5.84 Å². The molecule has 3 N–H and O–H groups in total. The third kappa shape index (κ3) is 11.2. The average Bonchev–Trinajstić information content (AvgIpc) is 3.05. The van der Waals surface area contributed by atoms with Crippen molar-refractivity contribution in [1.82, 2.24) is 24.0 Å². The third-order valence-electron chi connectivity index (χ3n) is 6.68. The van der Waals surface area contributed by atoms with Gasteiger partial charge in [-0.25, -0.2) is 36.3 Å². The number of hydrogen-bond acceptors (Lipinski definition) is 10. The molecule has 17 heteroatoms. The Bertz CT molecular complexity index is 1790. The number of hydrazine groups is 1. The second-order valence-corrected chi connectivity index (χ2v) is 14.2. The van der Waals surface area contributed by atoms with E-state index in [0.717, 1.165) is 33.3 Å². The molecule has 0 radical (unpaired) electrons. The fourth-order valence-corrected chi connectivity index (χ4v) is 5.61. The van der Waals surface area contributed by atoms with Gasteiger partial charge in [0.15, 0.2) is 0 Å². The number of benzene rings is 2. The van der Waals surface area contributed by atoms with Gasteiger partial charge in [-0.15, -0.1) is 0 Å². The van der Waals surface area contributed by atoms with Crippen LogP contribution >= 0.6 is 0 Å². The van der Waals surface area contributed by atoms with Crippen LogP contribution in [0.2, 0.25) is 0 Å². The van der Waals surface area contributed by atoms with Crippen LogP contribution < -0.4 is 11.3 Å². The molecule has 0 saturated heterocycles. The van der Waals surface area contributed by atoms with Crippen LogP contribution in [0.25, 0.3) is 0 Å². The number of methoxy groups -OCH3 is 1. The van der Waals surface area contributed by atoms with Gasteiger partial charge in [-0.05, 0) is 48.5 Å². The minimum absolute atomic E-state index is 0.0180. The standard InChI is InChI=1S/C16H17FN2O4S.C15H17FN4O3S/c1-23-16(20)12-6-7-13(15(17)9-12)10-19(24(2,21)22)11-14-5-3-4-8-18-14;1-24(22,23)20(10-13-4-2-3-7-18-13)9-12-6-5-11(8-14(12)16)15(21)19-17/h3-9H,10-11H2,1-2H3;2-8H,9-10,17H2,1H3,(H,19,21). The molecule has 48 heavy (non-hydrogen) atoms. The van der Waals surface area contributed by atoms with E-state index in [9.17, 15) is 35.2 Å². The monoisotopic (exact) mass is 704 g/mol. The molecule has 0 unspecified atom stereocenters. The zero-order valence-electron chi connectivity index (χ0n) is 26.2. The smallest absolute Gasteiger partial charge is 0.337 e. The maximum absolute atomic E-state index is 14.2. The molecule has 0 atom stereocenters. The normalized spacial score (nSPS) is 11.5. The fraction of sp³-hybridized carbons (Fsp3) is 0.226. The van der Waals surface area contributed by atoms with Crippen LogP contribution in [-0.2, 0) is 51.0 Å². The maximum Gasteiger partial charge on any atom is 0.337 e. The van der Waals surface area contributed by atoms with Crippen LogP contribution in [0.5, 0.6) is 0 Å². The number of pyridine rings is 2. The first-order chi connectivity index (χ1) is 22.6. The molecule has 2 aromatic heterocycles. The van der Waals surface area contributed by atoms with Crippen LogP contribution in [0, 0.1) is 11.6 Å². The van der Waals surface area contributed by atoms with E-state index in [2.05, 4.69) is 14.7 Å². The molecule has 1 amide bonds. The van der Waals surface area contributed by atoms with Crippen molar-refractivity contribution in [2.45, 2.75) is 26.2 Å². The number of halogens is 2. The Morgan fingerprint density at radius 3 is 1.52 bits per heavy atom. The second kappa shape index (κ2) is 16.9. The molecule has 0 spiro atoms. The molecule has 0 aliphatic heterocycles. The molecule has 0 aliphatic carbocycles. The summed E-state index contributed by atoms with van der Waals surface area (Å²) in [7, 11) is -5.96. The quantitative estimate of drug-likeness (QED) is 0.0963. The largest absolute Gasteiger partial charge is 0.465 e. The van der Waals surface area contributed by atoms with Gasteiger partial charge in [-0.1, -0.05) is 24.3 Å². The Morgan fingerprint density at radius 1 is 0.729 bits per heavy atom. The van der Waals surface area contributed by atoms with E-state index in [0.29, 0.717) is 11.4 Å². The number of nitrogens with one attached hydrogen (secondary N) is 1. The van der Waals surface area contributed by atoms with Crippen LogP contribution in [0.3, 0.4) is 0 Å². The molecular formula is C31H34F2N6O7S2. The fourth-order valence-electron chi connectivity index (χ4n) is 4.13. The van der Waals surface area contributed by atoms with E-state index in [4.69, 9.17) is 5.84 Å². The minimum atomic E-state index is -3.58. The lowest BCUT2D eigenvalue weighted by Crippen LogP contribution is -2.31. The first-order valence-corrected chi connectivity index (χ1v) is 17.7. The van der Waals surface area contributed by atoms with Gasteiger partial charge < -0.3 is 4.74 Å². The zero-order chi connectivity index (χ0) is 35.5. The van der Waals surface area contributed by atoms with Gasteiger partial charge >= 0.3 is 5.97 Å². The lowest BCUT2D eigenvalue weighted by Gasteiger charge is -2.20. The van der Waals surface area contributed by atoms with Crippen molar-refractivity contribution < 1.29 is 39.9 Å². The molecule has 2 heterocycles. The summed E-state index contributed by atoms with van der Waals surface area (Å²) in [5, 5.41) is 0. The number of sulfonamides is 2. The number of esters is 1. The molecule has 2 aromatic carbocycles. The number of nitrogens with zero attached hydrogens (tertiary/aromatic N) is 4. The topological polar surface area (TPSA) is 182 Å². The van der Waals surface area contributed by atoms with E-state index < -0.39 is 43.6 Å². The Morgan fingerprint density at radius 2 is 1.17 bits per heavy atom. The maximum atomic E-state index is 14.2. The highest BCUT2D eigenvalue weighted by Crippen LogP contribution is 2.18. The minimum Gasteiger partial charge on any atom is -0.465 e. The molecule has 13 nitrogen and oxygen atoms in total. The predicted molar refractivity (Wildman–Crippen MR) is 172 cm³/mol. The highest BCUT2D eigenvalue weighted by atomic mass is 32.2. The van der Waals surface area contributed by atoms with Gasteiger partial charge in [0.25, 0.3) is 5.91 Å². The third-order valence-corrected chi connectivity index (χ3v) is 9.07. The van der Waals surface area contributed by atoms with Crippen molar-refractivity contribution in [3.8, 4) is 0 Å². The first kappa shape index (κ1) is 37.8. The molecule has 256 valence electrons. The number of rotatable bonds is 12. The number of amides is 1. The van der Waals surface area contributed by atoms with Crippen LogP contribution in [0.15, 0.2) is 85.2 Å². The summed E-state index contributed by atoms with van der Waals surface area (Å²) in [5.41, 5.74) is 3.41. The number of nitrogen functional groups attached to an aromatic ring is 1. The Kier molecular flexibility index (Phi) is 13.3. The van der Waals surface area contributed by atoms with E-state index >= 15 is 0 Å². The van der Waals surface area contributed by atoms with E-state index in [1.807, 2.05) is 5.43 Å². The van der Waals surface area contributed by atoms with Crippen LogP contribution in [-0.4, -0.2) is 66.9 Å². The molecule has 0 fully saturated rings. The summed E-state index contributed by atoms with van der Waals surface area (Å²) in [6.45, 7) is -0.295. The van der Waals surface area contributed by atoms with Crippen molar-refractivity contribution >= 4 is 31.9 Å². The molecule has 0 saturated carbocycles. The molecule has 4 aromatic rings. The predicted octanol–water partition coefficient (Wildman–Crippen LogP) is 2.76. The van der Waals surface area contributed by atoms with Gasteiger partial charge in [-0.2, -0.15) is 8.61 Å². The summed E-state index contributed by atoms with van der Waals surface area (Å²) < 4.78 is 83.0. The summed E-state index contributed by atoms with van der Waals surface area (Å²) in [4.78, 5) is 30.9. The number of hydrogen-bond donors (Lipinski definition) is 2. The second-order valence-electron chi connectivity index (χ2n) is 10.3. The van der Waals surface area contributed by atoms with E-state index in [-0.39, 0.29) is 48.4 Å². The summed E-state index contributed by atoms with van der Waals surface area (Å²) in [6, 6.07) is 17.8. The number of carbonyl (C=O) groups excluding carboxylic acids is 2. The molecule has 4 rings (SSSR count). The first-order valence-electron chi connectivity index (χ1n) is 14.0. The lowest BCUT2D eigenvalue weighted by atomic mass is 10.1. The molecule has 0 aliphatic rings. The van der Waals surface area contributed by atoms with E-state index in [1.54, 1.807) is 48.8 Å². The number of ether oxygens (including phenoxy) is 1. The molecule has 0 bridgehead atoms. The number of aromatic nitrogens is 2. The average molecular weight is 705 g/mol. The van der Waals surface area contributed by atoms with Crippen molar-refractivity contribution in [2.75, 3.05) is 19.6 Å². The summed E-state index contributed by atoms with van der Waals surface area (Å²) in [5.74, 6) is 2.35. The van der Waals surface area contributed by atoms with Crippen LogP contribution in [0.4, 0.5) is 8.78 Å². The van der Waals surface area contributed by atoms with Crippen molar-refractivity contribution in [1.29, 1.82) is 0 Å². The zero-order valence-corrected chi connectivity index (χ0v) is 27.8.